The Morgan fingerprint density at radius 2 is 1.94 bits per heavy atom. The van der Waals surface area contributed by atoms with Crippen molar-refractivity contribution in [2.24, 2.45) is 11.7 Å². The van der Waals surface area contributed by atoms with Crippen molar-refractivity contribution in [1.29, 1.82) is 0 Å². The predicted molar refractivity (Wildman–Crippen MR) is 78.1 cm³/mol. The average Bonchev–Trinajstić information content (AvgIpc) is 2.34. The highest BCUT2D eigenvalue weighted by Gasteiger charge is 2.17. The molecular formula is C14H20N2OS. The molecule has 3 nitrogen and oxygen atoms in total. The van der Waals surface area contributed by atoms with Crippen LogP contribution in [-0.2, 0) is 11.3 Å². The summed E-state index contributed by atoms with van der Waals surface area (Å²) in [6, 6.07) is 9.94. The molecule has 0 radical (unpaired) electrons. The molecule has 0 aromatic heterocycles. The van der Waals surface area contributed by atoms with Gasteiger partial charge in [0.1, 0.15) is 0 Å². The monoisotopic (exact) mass is 264 g/mol. The maximum Gasteiger partial charge on any atom is 0.225 e. The van der Waals surface area contributed by atoms with Gasteiger partial charge in [-0.2, -0.15) is 0 Å². The maximum atomic E-state index is 12.1. The van der Waals surface area contributed by atoms with Crippen molar-refractivity contribution in [3.63, 3.8) is 0 Å². The van der Waals surface area contributed by atoms with E-state index in [1.54, 1.807) is 0 Å². The van der Waals surface area contributed by atoms with Crippen LogP contribution >= 0.6 is 12.2 Å². The lowest BCUT2D eigenvalue weighted by molar-refractivity contribution is -0.135. The molecule has 1 rings (SSSR count). The summed E-state index contributed by atoms with van der Waals surface area (Å²) in [4.78, 5) is 14.4. The van der Waals surface area contributed by atoms with E-state index in [1.807, 2.05) is 49.1 Å². The molecule has 0 atom stereocenters. The molecule has 0 aliphatic heterocycles. The fourth-order valence-corrected chi connectivity index (χ4v) is 1.77. The van der Waals surface area contributed by atoms with Crippen LogP contribution in [0.15, 0.2) is 30.3 Å². The van der Waals surface area contributed by atoms with Gasteiger partial charge in [0.2, 0.25) is 5.91 Å². The zero-order valence-corrected chi connectivity index (χ0v) is 11.7. The number of rotatable bonds is 6. The van der Waals surface area contributed by atoms with E-state index in [9.17, 15) is 4.79 Å². The van der Waals surface area contributed by atoms with Crippen molar-refractivity contribution in [2.75, 3.05) is 6.54 Å². The largest absolute Gasteiger partial charge is 0.393 e. The first-order chi connectivity index (χ1) is 8.50. The molecule has 18 heavy (non-hydrogen) atoms. The molecule has 1 aromatic rings. The van der Waals surface area contributed by atoms with Gasteiger partial charge in [-0.3, -0.25) is 4.79 Å². The van der Waals surface area contributed by atoms with E-state index in [-0.39, 0.29) is 11.8 Å². The Balaban J connectivity index is 2.71. The maximum absolute atomic E-state index is 12.1. The molecule has 0 saturated carbocycles. The fourth-order valence-electron chi connectivity index (χ4n) is 1.68. The number of hydrogen-bond donors (Lipinski definition) is 1. The molecule has 0 saturated heterocycles. The summed E-state index contributed by atoms with van der Waals surface area (Å²) in [5, 5.41) is 0. The second-order valence-corrected chi connectivity index (χ2v) is 5.14. The first-order valence-electron chi connectivity index (χ1n) is 6.11. The number of carbonyl (C=O) groups excluding carboxylic acids is 1. The third kappa shape index (κ3) is 4.84. The Hall–Kier alpha value is -1.42. The van der Waals surface area contributed by atoms with Gasteiger partial charge in [0, 0.05) is 25.4 Å². The quantitative estimate of drug-likeness (QED) is 0.802. The van der Waals surface area contributed by atoms with Crippen LogP contribution in [-0.4, -0.2) is 22.3 Å². The number of amides is 1. The lowest BCUT2D eigenvalue weighted by Crippen LogP contribution is -2.36. The number of carbonyl (C=O) groups is 1. The lowest BCUT2D eigenvalue weighted by atomic mass is 10.1. The molecule has 1 amide bonds. The van der Waals surface area contributed by atoms with Gasteiger partial charge in [0.05, 0.1) is 4.99 Å². The van der Waals surface area contributed by atoms with E-state index in [0.29, 0.717) is 24.5 Å². The highest BCUT2D eigenvalue weighted by Crippen LogP contribution is 2.09. The van der Waals surface area contributed by atoms with E-state index in [2.05, 4.69) is 0 Å². The van der Waals surface area contributed by atoms with Crippen LogP contribution in [0.1, 0.15) is 25.8 Å². The number of nitrogens with two attached hydrogens (primary N) is 1. The summed E-state index contributed by atoms with van der Waals surface area (Å²) >= 11 is 4.87. The van der Waals surface area contributed by atoms with E-state index < -0.39 is 0 Å². The van der Waals surface area contributed by atoms with Crippen LogP contribution in [0.5, 0.6) is 0 Å². The summed E-state index contributed by atoms with van der Waals surface area (Å²) in [6.45, 7) is 5.00. The standard InChI is InChI=1S/C14H20N2OS/c1-11(2)14(17)16(9-8-13(15)18)10-12-6-4-3-5-7-12/h3-7,11H,8-10H2,1-2H3,(H2,15,18). The summed E-state index contributed by atoms with van der Waals surface area (Å²) in [5.41, 5.74) is 6.62. The average molecular weight is 264 g/mol. The van der Waals surface area contributed by atoms with Crippen molar-refractivity contribution in [1.82, 2.24) is 4.90 Å². The van der Waals surface area contributed by atoms with Crippen molar-refractivity contribution >= 4 is 23.1 Å². The van der Waals surface area contributed by atoms with E-state index in [0.717, 1.165) is 5.56 Å². The third-order valence-corrected chi connectivity index (χ3v) is 2.85. The van der Waals surface area contributed by atoms with E-state index in [1.165, 1.54) is 0 Å². The molecule has 0 heterocycles. The Morgan fingerprint density at radius 3 is 2.44 bits per heavy atom. The molecule has 2 N–H and O–H groups in total. The topological polar surface area (TPSA) is 46.3 Å². The Kier molecular flexibility index (Phi) is 5.78. The first-order valence-corrected chi connectivity index (χ1v) is 6.52. The summed E-state index contributed by atoms with van der Waals surface area (Å²) < 4.78 is 0. The molecule has 0 spiro atoms. The number of nitrogens with zero attached hydrogens (tertiary/aromatic N) is 1. The Morgan fingerprint density at radius 1 is 1.33 bits per heavy atom. The highest BCUT2D eigenvalue weighted by molar-refractivity contribution is 7.80. The normalized spacial score (nSPS) is 10.4. The van der Waals surface area contributed by atoms with Crippen molar-refractivity contribution in [3.05, 3.63) is 35.9 Å². The van der Waals surface area contributed by atoms with Crippen LogP contribution in [0.3, 0.4) is 0 Å². The SMILES string of the molecule is CC(C)C(=O)N(CCC(N)=S)Cc1ccccc1. The van der Waals surface area contributed by atoms with Gasteiger partial charge in [0.25, 0.3) is 0 Å². The minimum Gasteiger partial charge on any atom is -0.393 e. The van der Waals surface area contributed by atoms with Gasteiger partial charge in [-0.25, -0.2) is 0 Å². The number of hydrogen-bond acceptors (Lipinski definition) is 2. The van der Waals surface area contributed by atoms with Gasteiger partial charge in [-0.1, -0.05) is 56.4 Å². The fraction of sp³-hybridized carbons (Fsp3) is 0.429. The predicted octanol–water partition coefficient (Wildman–Crippen LogP) is 2.35. The second-order valence-electron chi connectivity index (χ2n) is 4.62. The Bertz CT molecular complexity index is 404. The van der Waals surface area contributed by atoms with Gasteiger partial charge in [-0.15, -0.1) is 0 Å². The van der Waals surface area contributed by atoms with Crippen LogP contribution in [0, 0.1) is 5.92 Å². The number of thiocarbonyl (C=S) groups is 1. The molecule has 0 unspecified atom stereocenters. The lowest BCUT2D eigenvalue weighted by Gasteiger charge is -2.24. The van der Waals surface area contributed by atoms with Crippen LogP contribution in [0.25, 0.3) is 0 Å². The van der Waals surface area contributed by atoms with Crippen molar-refractivity contribution in [3.8, 4) is 0 Å². The third-order valence-electron chi connectivity index (χ3n) is 2.65. The van der Waals surface area contributed by atoms with E-state index >= 15 is 0 Å². The molecular weight excluding hydrogens is 244 g/mol. The minimum atomic E-state index is -0.0138. The first kappa shape index (κ1) is 14.6. The summed E-state index contributed by atoms with van der Waals surface area (Å²) in [7, 11) is 0. The molecule has 0 aliphatic carbocycles. The molecule has 98 valence electrons. The van der Waals surface area contributed by atoms with Crippen LogP contribution in [0.2, 0.25) is 0 Å². The van der Waals surface area contributed by atoms with Gasteiger partial charge in [0.15, 0.2) is 0 Å². The zero-order chi connectivity index (χ0) is 13.5. The Labute approximate surface area is 114 Å². The molecule has 0 fully saturated rings. The van der Waals surface area contributed by atoms with Crippen LogP contribution < -0.4 is 5.73 Å². The summed E-state index contributed by atoms with van der Waals surface area (Å²) in [5.74, 6) is 0.121. The van der Waals surface area contributed by atoms with E-state index in [4.69, 9.17) is 18.0 Å². The minimum absolute atomic E-state index is 0.0138. The number of benzene rings is 1. The smallest absolute Gasteiger partial charge is 0.225 e. The van der Waals surface area contributed by atoms with Crippen molar-refractivity contribution in [2.45, 2.75) is 26.8 Å². The molecule has 1 aromatic carbocycles. The van der Waals surface area contributed by atoms with Gasteiger partial charge < -0.3 is 10.6 Å². The zero-order valence-electron chi connectivity index (χ0n) is 10.9. The molecule has 0 aliphatic rings. The van der Waals surface area contributed by atoms with Gasteiger partial charge in [-0.05, 0) is 5.56 Å². The van der Waals surface area contributed by atoms with Crippen LogP contribution in [0.4, 0.5) is 0 Å². The molecule has 4 heteroatoms. The van der Waals surface area contributed by atoms with Crippen molar-refractivity contribution < 1.29 is 4.79 Å². The summed E-state index contributed by atoms with van der Waals surface area (Å²) in [6.07, 6.45) is 0.570. The second kappa shape index (κ2) is 7.11. The molecule has 0 bridgehead atoms. The highest BCUT2D eigenvalue weighted by atomic mass is 32.1. The van der Waals surface area contributed by atoms with Gasteiger partial charge >= 0.3 is 0 Å².